The maximum Gasteiger partial charge on any atom is 0.139 e. The van der Waals surface area contributed by atoms with Gasteiger partial charge in [-0.3, -0.25) is 0 Å². The first kappa shape index (κ1) is 15.8. The van der Waals surface area contributed by atoms with Crippen LogP contribution in [0.4, 0.5) is 5.82 Å². The number of thiocarbonyl (C=S) groups is 1. The monoisotopic (exact) mass is 283 g/mol. The summed E-state index contributed by atoms with van der Waals surface area (Å²) in [6.45, 7) is 4.62. The van der Waals surface area contributed by atoms with E-state index in [1.54, 1.807) is 20.4 Å². The summed E-state index contributed by atoms with van der Waals surface area (Å²) in [5.74, 6) is 0.793. The molecule has 0 aromatic carbocycles. The van der Waals surface area contributed by atoms with Gasteiger partial charge in [0.15, 0.2) is 0 Å². The van der Waals surface area contributed by atoms with E-state index >= 15 is 0 Å². The molecule has 0 radical (unpaired) electrons. The van der Waals surface area contributed by atoms with Crippen molar-refractivity contribution in [2.24, 2.45) is 5.73 Å². The second kappa shape index (κ2) is 8.04. The number of nitrogens with zero attached hydrogens (tertiary/aromatic N) is 2. The molecule has 0 fully saturated rings. The molecule has 0 aliphatic heterocycles. The minimum atomic E-state index is 0.362. The molecule has 19 heavy (non-hydrogen) atoms. The van der Waals surface area contributed by atoms with Crippen LogP contribution in [-0.4, -0.2) is 50.5 Å². The Morgan fingerprint density at radius 1 is 1.32 bits per heavy atom. The Morgan fingerprint density at radius 2 is 1.89 bits per heavy atom. The lowest BCUT2D eigenvalue weighted by Crippen LogP contribution is -2.33. The summed E-state index contributed by atoms with van der Waals surface area (Å²) < 4.78 is 10.3. The summed E-state index contributed by atoms with van der Waals surface area (Å²) in [5, 5.41) is 0. The van der Waals surface area contributed by atoms with Crippen molar-refractivity contribution in [2.45, 2.75) is 6.92 Å². The Balaban J connectivity index is 3.06. The summed E-state index contributed by atoms with van der Waals surface area (Å²) in [7, 11) is 3.35. The number of ether oxygens (including phenoxy) is 2. The molecule has 0 saturated carbocycles. The van der Waals surface area contributed by atoms with Gasteiger partial charge in [-0.15, -0.1) is 0 Å². The zero-order valence-electron chi connectivity index (χ0n) is 11.7. The number of methoxy groups -OCH3 is 2. The topological polar surface area (TPSA) is 60.6 Å². The molecule has 2 N–H and O–H groups in total. The van der Waals surface area contributed by atoms with Crippen molar-refractivity contribution < 1.29 is 9.47 Å². The number of anilines is 1. The molecule has 0 bridgehead atoms. The number of nitrogens with two attached hydrogens (primary N) is 1. The van der Waals surface area contributed by atoms with Gasteiger partial charge in [0.25, 0.3) is 0 Å². The van der Waals surface area contributed by atoms with Gasteiger partial charge in [0.1, 0.15) is 10.8 Å². The molecular weight excluding hydrogens is 262 g/mol. The standard InChI is InChI=1S/C13H21N3O2S/c1-10-4-5-15-13(11(10)12(14)19)16(6-8-17-2)7-9-18-3/h4-5H,6-9H2,1-3H3,(H2,14,19). The molecule has 6 heteroatoms. The summed E-state index contributed by atoms with van der Waals surface area (Å²) in [6, 6.07) is 1.91. The highest BCUT2D eigenvalue weighted by atomic mass is 32.1. The van der Waals surface area contributed by atoms with Crippen LogP contribution in [0.3, 0.4) is 0 Å². The van der Waals surface area contributed by atoms with Crippen LogP contribution in [0.2, 0.25) is 0 Å². The molecule has 1 aromatic rings. The number of aromatic nitrogens is 1. The Hall–Kier alpha value is -1.24. The van der Waals surface area contributed by atoms with Crippen molar-refractivity contribution in [3.05, 3.63) is 23.4 Å². The van der Waals surface area contributed by atoms with Crippen molar-refractivity contribution >= 4 is 23.0 Å². The fraction of sp³-hybridized carbons (Fsp3) is 0.538. The molecular formula is C13H21N3O2S. The number of hydrogen-bond acceptors (Lipinski definition) is 5. The van der Waals surface area contributed by atoms with Gasteiger partial charge in [0, 0.05) is 33.5 Å². The molecule has 0 amide bonds. The van der Waals surface area contributed by atoms with Crippen LogP contribution >= 0.6 is 12.2 Å². The maximum absolute atomic E-state index is 5.81. The molecule has 1 aromatic heterocycles. The highest BCUT2D eigenvalue weighted by molar-refractivity contribution is 7.80. The molecule has 0 atom stereocenters. The summed E-state index contributed by atoms with van der Waals surface area (Å²) in [6.07, 6.45) is 1.76. The molecule has 0 saturated heterocycles. The van der Waals surface area contributed by atoms with Crippen molar-refractivity contribution in [1.82, 2.24) is 4.98 Å². The number of rotatable bonds is 8. The molecule has 0 aliphatic carbocycles. The van der Waals surface area contributed by atoms with E-state index in [-0.39, 0.29) is 0 Å². The van der Waals surface area contributed by atoms with Crippen LogP contribution in [0, 0.1) is 6.92 Å². The normalized spacial score (nSPS) is 10.5. The third-order valence-electron chi connectivity index (χ3n) is 2.82. The van der Waals surface area contributed by atoms with Crippen LogP contribution in [0.5, 0.6) is 0 Å². The average molecular weight is 283 g/mol. The van der Waals surface area contributed by atoms with E-state index in [0.717, 1.165) is 16.9 Å². The van der Waals surface area contributed by atoms with Crippen molar-refractivity contribution in [1.29, 1.82) is 0 Å². The van der Waals surface area contributed by atoms with Crippen LogP contribution in [-0.2, 0) is 9.47 Å². The van der Waals surface area contributed by atoms with Gasteiger partial charge >= 0.3 is 0 Å². The SMILES string of the molecule is COCCN(CCOC)c1nccc(C)c1C(N)=S. The van der Waals surface area contributed by atoms with E-state index in [1.165, 1.54) is 0 Å². The fourth-order valence-corrected chi connectivity index (χ4v) is 2.07. The quantitative estimate of drug-likeness (QED) is 0.722. The van der Waals surface area contributed by atoms with Crippen LogP contribution < -0.4 is 10.6 Å². The Bertz CT molecular complexity index is 418. The molecule has 0 aliphatic rings. The molecule has 1 heterocycles. The van der Waals surface area contributed by atoms with E-state index < -0.39 is 0 Å². The smallest absolute Gasteiger partial charge is 0.139 e. The predicted molar refractivity (Wildman–Crippen MR) is 80.8 cm³/mol. The first-order valence-electron chi connectivity index (χ1n) is 6.10. The van der Waals surface area contributed by atoms with E-state index in [4.69, 9.17) is 27.4 Å². The van der Waals surface area contributed by atoms with Gasteiger partial charge in [0.05, 0.1) is 18.8 Å². The highest BCUT2D eigenvalue weighted by Crippen LogP contribution is 2.20. The second-order valence-electron chi connectivity index (χ2n) is 4.16. The average Bonchev–Trinajstić information content (AvgIpc) is 2.38. The van der Waals surface area contributed by atoms with Gasteiger partial charge < -0.3 is 20.1 Å². The van der Waals surface area contributed by atoms with Gasteiger partial charge in [-0.05, 0) is 18.6 Å². The lowest BCUT2D eigenvalue weighted by Gasteiger charge is -2.25. The first-order valence-corrected chi connectivity index (χ1v) is 6.50. The van der Waals surface area contributed by atoms with Gasteiger partial charge in [-0.1, -0.05) is 12.2 Å². The first-order chi connectivity index (χ1) is 9.11. The van der Waals surface area contributed by atoms with Crippen LogP contribution in [0.25, 0.3) is 0 Å². The zero-order valence-corrected chi connectivity index (χ0v) is 12.5. The van der Waals surface area contributed by atoms with Gasteiger partial charge in [-0.25, -0.2) is 4.98 Å². The van der Waals surface area contributed by atoms with E-state index in [0.29, 0.717) is 31.3 Å². The summed E-state index contributed by atoms with van der Waals surface area (Å²) >= 11 is 5.13. The Morgan fingerprint density at radius 3 is 2.37 bits per heavy atom. The molecule has 5 nitrogen and oxygen atoms in total. The van der Waals surface area contributed by atoms with Gasteiger partial charge in [0.2, 0.25) is 0 Å². The Kier molecular flexibility index (Phi) is 6.69. The predicted octanol–water partition coefficient (Wildman–Crippen LogP) is 1.12. The molecule has 106 valence electrons. The van der Waals surface area contributed by atoms with E-state index in [2.05, 4.69) is 9.88 Å². The molecule has 0 spiro atoms. The van der Waals surface area contributed by atoms with Crippen LogP contribution in [0.15, 0.2) is 12.3 Å². The largest absolute Gasteiger partial charge is 0.389 e. The van der Waals surface area contributed by atoms with Crippen LogP contribution in [0.1, 0.15) is 11.1 Å². The molecule has 0 unspecified atom stereocenters. The van der Waals surface area contributed by atoms with E-state index in [9.17, 15) is 0 Å². The molecule has 1 rings (SSSR count). The third-order valence-corrected chi connectivity index (χ3v) is 3.02. The van der Waals surface area contributed by atoms with E-state index in [1.807, 2.05) is 13.0 Å². The van der Waals surface area contributed by atoms with Gasteiger partial charge in [-0.2, -0.15) is 0 Å². The minimum absolute atomic E-state index is 0.362. The fourth-order valence-electron chi connectivity index (χ4n) is 1.81. The highest BCUT2D eigenvalue weighted by Gasteiger charge is 2.16. The number of hydrogen-bond donors (Lipinski definition) is 1. The number of pyridine rings is 1. The lowest BCUT2D eigenvalue weighted by molar-refractivity contribution is 0.190. The van der Waals surface area contributed by atoms with Crippen molar-refractivity contribution in [2.75, 3.05) is 45.4 Å². The maximum atomic E-state index is 5.81. The number of aryl methyl sites for hydroxylation is 1. The summed E-state index contributed by atoms with van der Waals surface area (Å²) in [5.41, 5.74) is 7.66. The summed E-state index contributed by atoms with van der Waals surface area (Å²) in [4.78, 5) is 6.85. The second-order valence-corrected chi connectivity index (χ2v) is 4.60. The lowest BCUT2D eigenvalue weighted by atomic mass is 10.1. The minimum Gasteiger partial charge on any atom is -0.389 e. The zero-order chi connectivity index (χ0) is 14.3. The Labute approximate surface area is 119 Å². The third kappa shape index (κ3) is 4.41. The van der Waals surface area contributed by atoms with Crippen molar-refractivity contribution in [3.8, 4) is 0 Å². The van der Waals surface area contributed by atoms with Crippen molar-refractivity contribution in [3.63, 3.8) is 0 Å².